The first-order valence-electron chi connectivity index (χ1n) is 15.2. The van der Waals surface area contributed by atoms with E-state index in [1.807, 2.05) is 6.07 Å². The van der Waals surface area contributed by atoms with E-state index in [0.717, 1.165) is 38.5 Å². The molecule has 2 aliphatic carbocycles. The first-order valence-corrected chi connectivity index (χ1v) is 16.8. The second-order valence-corrected chi connectivity index (χ2v) is 14.9. The first-order chi connectivity index (χ1) is 19.1. The quantitative estimate of drug-likeness (QED) is 0.210. The average Bonchev–Trinajstić information content (AvgIpc) is 2.92. The maximum Gasteiger partial charge on any atom is 0.376 e. The van der Waals surface area contributed by atoms with E-state index in [2.05, 4.69) is 46.5 Å². The molecule has 40 heavy (non-hydrogen) atoms. The summed E-state index contributed by atoms with van der Waals surface area (Å²) in [5.74, 6) is 0.365. The zero-order chi connectivity index (χ0) is 28.9. The van der Waals surface area contributed by atoms with Crippen molar-refractivity contribution in [2.24, 2.45) is 35.5 Å². The van der Waals surface area contributed by atoms with Crippen molar-refractivity contribution in [1.82, 2.24) is 4.98 Å². The highest BCUT2D eigenvalue weighted by atomic mass is 31.2. The lowest BCUT2D eigenvalue weighted by molar-refractivity contribution is -0.0207. The number of nitrogens with zero attached hydrogens (tertiary/aromatic N) is 1. The highest BCUT2D eigenvalue weighted by Gasteiger charge is 2.49. The predicted octanol–water partition coefficient (Wildman–Crippen LogP) is 9.09. The van der Waals surface area contributed by atoms with Crippen LogP contribution >= 0.6 is 7.60 Å². The van der Waals surface area contributed by atoms with Gasteiger partial charge in [0.1, 0.15) is 0 Å². The molecule has 1 aromatic carbocycles. The zero-order valence-corrected chi connectivity index (χ0v) is 26.0. The molecule has 0 saturated heterocycles. The molecule has 4 rings (SSSR count). The molecule has 1 unspecified atom stereocenters. The van der Waals surface area contributed by atoms with E-state index in [0.29, 0.717) is 34.8 Å². The van der Waals surface area contributed by atoms with Crippen molar-refractivity contribution < 1.29 is 23.1 Å². The van der Waals surface area contributed by atoms with Gasteiger partial charge in [-0.3, -0.25) is 9.55 Å². The first kappa shape index (κ1) is 30.9. The smallest absolute Gasteiger partial charge is 0.376 e. The number of hydrogen-bond donors (Lipinski definition) is 0. The molecule has 7 heteroatoms. The number of hydrogen-bond acceptors (Lipinski definition) is 6. The Hall–Kier alpha value is -2.01. The van der Waals surface area contributed by atoms with Gasteiger partial charge in [-0.05, 0) is 79.4 Å². The van der Waals surface area contributed by atoms with Crippen molar-refractivity contribution >= 4 is 13.6 Å². The summed E-state index contributed by atoms with van der Waals surface area (Å²) >= 11 is 0. The van der Waals surface area contributed by atoms with Gasteiger partial charge in [0.05, 0.1) is 17.8 Å². The van der Waals surface area contributed by atoms with Gasteiger partial charge in [-0.15, -0.1) is 0 Å². The Morgan fingerprint density at radius 2 is 1.38 bits per heavy atom. The minimum Gasteiger partial charge on any atom is -0.441 e. The predicted molar refractivity (Wildman–Crippen MR) is 159 cm³/mol. The molecular weight excluding hydrogens is 521 g/mol. The van der Waals surface area contributed by atoms with E-state index in [4.69, 9.17) is 13.8 Å². The molecule has 2 fully saturated rings. The van der Waals surface area contributed by atoms with Crippen molar-refractivity contribution in [3.8, 4) is 0 Å². The van der Waals surface area contributed by atoms with Gasteiger partial charge in [0, 0.05) is 18.0 Å². The number of carbonyl (C=O) groups excluding carboxylic acids is 1. The molecule has 0 bridgehead atoms. The topological polar surface area (TPSA) is 74.7 Å². The molecule has 2 saturated carbocycles. The van der Waals surface area contributed by atoms with Crippen molar-refractivity contribution in [3.63, 3.8) is 0 Å². The maximum atomic E-state index is 15.4. The molecule has 1 aromatic heterocycles. The second-order valence-electron chi connectivity index (χ2n) is 12.9. The van der Waals surface area contributed by atoms with Crippen LogP contribution < -0.4 is 0 Å². The largest absolute Gasteiger partial charge is 0.441 e. The Labute approximate surface area is 241 Å². The van der Waals surface area contributed by atoms with Crippen molar-refractivity contribution in [2.75, 3.05) is 0 Å². The van der Waals surface area contributed by atoms with Gasteiger partial charge < -0.3 is 13.8 Å². The normalized spacial score (nSPS) is 29.6. The second kappa shape index (κ2) is 13.8. The Kier molecular flexibility index (Phi) is 10.6. The molecule has 0 N–H and O–H groups in total. The molecular formula is C33H48NO5P. The fourth-order valence-electron chi connectivity index (χ4n) is 6.57. The van der Waals surface area contributed by atoms with Crippen LogP contribution in [0, 0.1) is 35.5 Å². The monoisotopic (exact) mass is 569 g/mol. The Bertz CT molecular complexity index is 1090. The summed E-state index contributed by atoms with van der Waals surface area (Å²) in [4.78, 5) is 17.7. The molecule has 0 amide bonds. The minimum absolute atomic E-state index is 0.248. The van der Waals surface area contributed by atoms with Crippen molar-refractivity contribution in [3.05, 3.63) is 66.0 Å². The Balaban J connectivity index is 1.77. The summed E-state index contributed by atoms with van der Waals surface area (Å²) in [6.07, 6.45) is 8.65. The van der Waals surface area contributed by atoms with Crippen LogP contribution in [0.25, 0.3) is 0 Å². The van der Waals surface area contributed by atoms with E-state index in [-0.39, 0.29) is 24.0 Å². The lowest BCUT2D eigenvalue weighted by Crippen LogP contribution is -2.37. The third-order valence-electron chi connectivity index (χ3n) is 8.97. The van der Waals surface area contributed by atoms with Gasteiger partial charge in [-0.25, -0.2) is 4.79 Å². The van der Waals surface area contributed by atoms with E-state index < -0.39 is 19.4 Å². The highest BCUT2D eigenvalue weighted by molar-refractivity contribution is 7.54. The van der Waals surface area contributed by atoms with Gasteiger partial charge in [0.15, 0.2) is 0 Å². The average molecular weight is 570 g/mol. The van der Waals surface area contributed by atoms with E-state index in [1.54, 1.807) is 48.8 Å². The van der Waals surface area contributed by atoms with Gasteiger partial charge in [0.2, 0.25) is 5.85 Å². The summed E-state index contributed by atoms with van der Waals surface area (Å²) < 4.78 is 35.1. The summed E-state index contributed by atoms with van der Waals surface area (Å²) in [6.45, 7) is 13.3. The van der Waals surface area contributed by atoms with Gasteiger partial charge >= 0.3 is 13.6 Å². The van der Waals surface area contributed by atoms with Crippen LogP contribution in [0.4, 0.5) is 0 Å². The van der Waals surface area contributed by atoms with E-state index in [9.17, 15) is 4.79 Å². The third-order valence-corrected chi connectivity index (χ3v) is 11.1. The minimum atomic E-state index is -4.05. The van der Waals surface area contributed by atoms with Gasteiger partial charge in [-0.2, -0.15) is 0 Å². The maximum absolute atomic E-state index is 15.4. The fourth-order valence-corrected chi connectivity index (χ4v) is 8.82. The van der Waals surface area contributed by atoms with Crippen LogP contribution in [0.2, 0.25) is 0 Å². The van der Waals surface area contributed by atoms with Crippen molar-refractivity contribution in [2.45, 2.75) is 98.1 Å². The number of benzene rings is 1. The summed E-state index contributed by atoms with van der Waals surface area (Å²) in [6, 6.07) is 12.4. The van der Waals surface area contributed by atoms with E-state index in [1.165, 1.54) is 0 Å². The van der Waals surface area contributed by atoms with Crippen LogP contribution in [0.3, 0.4) is 0 Å². The number of aromatic nitrogens is 1. The van der Waals surface area contributed by atoms with Crippen LogP contribution in [0.15, 0.2) is 54.9 Å². The molecule has 6 nitrogen and oxygen atoms in total. The molecule has 0 aliphatic heterocycles. The number of rotatable bonds is 10. The van der Waals surface area contributed by atoms with Crippen LogP contribution in [0.1, 0.15) is 102 Å². The number of pyridine rings is 1. The lowest BCUT2D eigenvalue weighted by atomic mass is 9.75. The molecule has 8 atom stereocenters. The molecule has 1 heterocycles. The number of carbonyl (C=O) groups is 1. The molecule has 2 aliphatic rings. The van der Waals surface area contributed by atoms with Gasteiger partial charge in [0.25, 0.3) is 0 Å². The van der Waals surface area contributed by atoms with Gasteiger partial charge in [-0.1, -0.05) is 78.6 Å². The molecule has 220 valence electrons. The SMILES string of the molecule is CC(C)[C@H]1CC[C@@H](C)C[C@H]1OP(=O)(O[C@@H]1C[C@H](C)CC[C@H]1C(C)C)[C@H](OC(=O)c1ccccc1)c1cccnc1. The van der Waals surface area contributed by atoms with Crippen LogP contribution in [-0.4, -0.2) is 23.2 Å². The number of ether oxygens (including phenoxy) is 1. The molecule has 0 spiro atoms. The van der Waals surface area contributed by atoms with E-state index >= 15 is 4.57 Å². The van der Waals surface area contributed by atoms with Crippen LogP contribution in [-0.2, 0) is 18.3 Å². The number of esters is 1. The zero-order valence-electron chi connectivity index (χ0n) is 25.1. The standard InChI is InChI=1S/C33H48NO5P/c1-22(2)28-16-14-24(5)19-30(28)38-40(36,39-31-20-25(6)15-17-29(31)23(3)4)33(27-13-10-18-34-21-27)37-32(35)26-11-8-7-9-12-26/h7-13,18,21-25,28-31,33H,14-17,19-20H2,1-6H3/t24-,25-,28-,29+,30-,31-,33+,40?/m1/s1. The van der Waals surface area contributed by atoms with Crippen molar-refractivity contribution in [1.29, 1.82) is 0 Å². The lowest BCUT2D eigenvalue weighted by Gasteiger charge is -2.43. The summed E-state index contributed by atoms with van der Waals surface area (Å²) in [5.41, 5.74) is 0.908. The molecule has 0 radical (unpaired) electrons. The molecule has 2 aromatic rings. The Morgan fingerprint density at radius 3 is 1.85 bits per heavy atom. The highest BCUT2D eigenvalue weighted by Crippen LogP contribution is 2.66. The third kappa shape index (κ3) is 7.63. The summed E-state index contributed by atoms with van der Waals surface area (Å²) in [7, 11) is -4.05. The Morgan fingerprint density at radius 1 is 0.825 bits per heavy atom. The fraction of sp³-hybridized carbons (Fsp3) is 0.636. The van der Waals surface area contributed by atoms with Crippen LogP contribution in [0.5, 0.6) is 0 Å². The summed E-state index contributed by atoms with van der Waals surface area (Å²) in [5, 5.41) is 0.